The normalized spacial score (nSPS) is 12.8. The Balaban J connectivity index is 2.69. The molecular formula is C15H22N2O3. The number of amides is 1. The molecule has 1 atom stereocenters. The van der Waals surface area contributed by atoms with E-state index in [1.807, 2.05) is 18.2 Å². The van der Waals surface area contributed by atoms with E-state index in [9.17, 15) is 14.7 Å². The maximum atomic E-state index is 12.0. The predicted octanol–water partition coefficient (Wildman–Crippen LogP) is 1.69. The van der Waals surface area contributed by atoms with Gasteiger partial charge in [-0.1, -0.05) is 44.2 Å². The summed E-state index contributed by atoms with van der Waals surface area (Å²) < 4.78 is 0. The minimum absolute atomic E-state index is 0.0920. The first-order chi connectivity index (χ1) is 9.46. The van der Waals surface area contributed by atoms with Crippen molar-refractivity contribution in [3.8, 4) is 0 Å². The summed E-state index contributed by atoms with van der Waals surface area (Å²) in [6.45, 7) is 3.70. The molecule has 0 saturated heterocycles. The van der Waals surface area contributed by atoms with Gasteiger partial charge in [0.15, 0.2) is 0 Å². The van der Waals surface area contributed by atoms with E-state index in [1.54, 1.807) is 26.0 Å². The Labute approximate surface area is 119 Å². The summed E-state index contributed by atoms with van der Waals surface area (Å²) in [4.78, 5) is 23.4. The number of nitrogens with one attached hydrogen (secondary N) is 1. The van der Waals surface area contributed by atoms with Crippen molar-refractivity contribution in [1.29, 1.82) is 0 Å². The first kappa shape index (κ1) is 16.2. The number of benzene rings is 1. The predicted molar refractivity (Wildman–Crippen MR) is 77.0 cm³/mol. The summed E-state index contributed by atoms with van der Waals surface area (Å²) in [5.41, 5.74) is 5.65. The Kier molecular flexibility index (Phi) is 5.70. The maximum absolute atomic E-state index is 12.0. The minimum Gasteiger partial charge on any atom is -0.481 e. The van der Waals surface area contributed by atoms with Crippen LogP contribution in [0.1, 0.15) is 38.3 Å². The number of carboxylic acid groups (broad SMARTS) is 1. The standard InChI is InChI=1S/C15H22N2O3/c1-3-15(4-2,14(19)20)10-17-13(18)12(16)11-8-6-5-7-9-11/h5-9,12H,3-4,10,16H2,1-2H3,(H,17,18)(H,19,20). The summed E-state index contributed by atoms with van der Waals surface area (Å²) in [5, 5.41) is 12.0. The Bertz CT molecular complexity index is 455. The third-order valence-corrected chi connectivity index (χ3v) is 3.85. The largest absolute Gasteiger partial charge is 0.481 e. The van der Waals surface area contributed by atoms with Gasteiger partial charge in [0.1, 0.15) is 6.04 Å². The molecule has 20 heavy (non-hydrogen) atoms. The van der Waals surface area contributed by atoms with Gasteiger partial charge >= 0.3 is 5.97 Å². The second kappa shape index (κ2) is 7.05. The molecule has 0 aliphatic carbocycles. The molecular weight excluding hydrogens is 256 g/mol. The zero-order chi connectivity index (χ0) is 15.2. The van der Waals surface area contributed by atoms with Gasteiger partial charge in [0.2, 0.25) is 5.91 Å². The quantitative estimate of drug-likeness (QED) is 0.707. The van der Waals surface area contributed by atoms with Crippen LogP contribution in [0.4, 0.5) is 0 Å². The van der Waals surface area contributed by atoms with Gasteiger partial charge < -0.3 is 16.2 Å². The first-order valence-corrected chi connectivity index (χ1v) is 6.78. The highest BCUT2D eigenvalue weighted by Gasteiger charge is 2.35. The zero-order valence-electron chi connectivity index (χ0n) is 11.9. The smallest absolute Gasteiger partial charge is 0.311 e. The van der Waals surface area contributed by atoms with Crippen LogP contribution in [-0.4, -0.2) is 23.5 Å². The number of aliphatic carboxylic acids is 1. The Morgan fingerprint density at radius 2 is 1.80 bits per heavy atom. The number of carboxylic acids is 1. The van der Waals surface area contributed by atoms with Crippen molar-refractivity contribution in [2.75, 3.05) is 6.54 Å². The minimum atomic E-state index is -0.925. The molecule has 0 aromatic heterocycles. The van der Waals surface area contributed by atoms with Crippen LogP contribution in [0, 0.1) is 5.41 Å². The lowest BCUT2D eigenvalue weighted by Gasteiger charge is -2.27. The van der Waals surface area contributed by atoms with Gasteiger partial charge in [-0.05, 0) is 18.4 Å². The van der Waals surface area contributed by atoms with Crippen molar-refractivity contribution in [2.45, 2.75) is 32.7 Å². The van der Waals surface area contributed by atoms with E-state index in [4.69, 9.17) is 5.73 Å². The van der Waals surface area contributed by atoms with Crippen LogP contribution in [-0.2, 0) is 9.59 Å². The summed E-state index contributed by atoms with van der Waals surface area (Å²) in [6.07, 6.45) is 0.916. The van der Waals surface area contributed by atoms with Gasteiger partial charge in [-0.15, -0.1) is 0 Å². The number of hydrogen-bond acceptors (Lipinski definition) is 3. The fourth-order valence-corrected chi connectivity index (χ4v) is 2.06. The average molecular weight is 278 g/mol. The Morgan fingerprint density at radius 1 is 1.25 bits per heavy atom. The van der Waals surface area contributed by atoms with Crippen LogP contribution in [0.5, 0.6) is 0 Å². The summed E-state index contributed by atoms with van der Waals surface area (Å²) >= 11 is 0. The van der Waals surface area contributed by atoms with Crippen LogP contribution in [0.15, 0.2) is 30.3 Å². The number of hydrogen-bond donors (Lipinski definition) is 3. The number of carbonyl (C=O) groups excluding carboxylic acids is 1. The van der Waals surface area contributed by atoms with Crippen molar-refractivity contribution >= 4 is 11.9 Å². The van der Waals surface area contributed by atoms with Crippen molar-refractivity contribution in [2.24, 2.45) is 11.1 Å². The van der Waals surface area contributed by atoms with Gasteiger partial charge in [0.25, 0.3) is 0 Å². The van der Waals surface area contributed by atoms with Crippen LogP contribution >= 0.6 is 0 Å². The van der Waals surface area contributed by atoms with Crippen LogP contribution in [0.25, 0.3) is 0 Å². The highest BCUT2D eigenvalue weighted by atomic mass is 16.4. The molecule has 0 spiro atoms. The summed E-state index contributed by atoms with van der Waals surface area (Å²) in [5.74, 6) is -1.25. The van der Waals surface area contributed by atoms with Crippen molar-refractivity contribution in [3.63, 3.8) is 0 Å². The second-order valence-corrected chi connectivity index (χ2v) is 4.90. The van der Waals surface area contributed by atoms with Crippen LogP contribution < -0.4 is 11.1 Å². The van der Waals surface area contributed by atoms with E-state index in [0.29, 0.717) is 18.4 Å². The first-order valence-electron chi connectivity index (χ1n) is 6.78. The van der Waals surface area contributed by atoms with Crippen LogP contribution in [0.2, 0.25) is 0 Å². The molecule has 1 aromatic rings. The van der Waals surface area contributed by atoms with Gasteiger partial charge in [-0.25, -0.2) is 0 Å². The fraction of sp³-hybridized carbons (Fsp3) is 0.467. The molecule has 1 aromatic carbocycles. The Hall–Kier alpha value is -1.88. The lowest BCUT2D eigenvalue weighted by Crippen LogP contribution is -2.45. The highest BCUT2D eigenvalue weighted by Crippen LogP contribution is 2.25. The zero-order valence-corrected chi connectivity index (χ0v) is 11.9. The van der Waals surface area contributed by atoms with Crippen LogP contribution in [0.3, 0.4) is 0 Å². The third-order valence-electron chi connectivity index (χ3n) is 3.85. The molecule has 0 aliphatic heterocycles. The lowest BCUT2D eigenvalue weighted by atomic mass is 9.82. The molecule has 0 fully saturated rings. The molecule has 0 heterocycles. The fourth-order valence-electron chi connectivity index (χ4n) is 2.06. The third kappa shape index (κ3) is 3.57. The van der Waals surface area contributed by atoms with E-state index in [1.165, 1.54) is 0 Å². The molecule has 0 aliphatic rings. The molecule has 5 heteroatoms. The number of carbonyl (C=O) groups is 2. The molecule has 1 amide bonds. The van der Waals surface area contributed by atoms with Gasteiger partial charge in [-0.2, -0.15) is 0 Å². The topological polar surface area (TPSA) is 92.4 Å². The van der Waals surface area contributed by atoms with E-state index >= 15 is 0 Å². The number of rotatable bonds is 7. The molecule has 110 valence electrons. The van der Waals surface area contributed by atoms with Crippen molar-refractivity contribution < 1.29 is 14.7 Å². The molecule has 0 saturated carbocycles. The van der Waals surface area contributed by atoms with E-state index in [2.05, 4.69) is 5.32 Å². The molecule has 5 nitrogen and oxygen atoms in total. The van der Waals surface area contributed by atoms with Crippen molar-refractivity contribution in [3.05, 3.63) is 35.9 Å². The Morgan fingerprint density at radius 3 is 2.25 bits per heavy atom. The van der Waals surface area contributed by atoms with E-state index in [-0.39, 0.29) is 12.5 Å². The van der Waals surface area contributed by atoms with Gasteiger partial charge in [0.05, 0.1) is 5.41 Å². The molecule has 1 unspecified atom stereocenters. The molecule has 1 rings (SSSR count). The van der Waals surface area contributed by atoms with Crippen molar-refractivity contribution in [1.82, 2.24) is 5.32 Å². The monoisotopic (exact) mass is 278 g/mol. The van der Waals surface area contributed by atoms with E-state index < -0.39 is 17.4 Å². The molecule has 0 radical (unpaired) electrons. The van der Waals surface area contributed by atoms with Gasteiger partial charge in [-0.3, -0.25) is 9.59 Å². The number of nitrogens with two attached hydrogens (primary N) is 1. The van der Waals surface area contributed by atoms with Gasteiger partial charge in [0, 0.05) is 6.54 Å². The van der Waals surface area contributed by atoms with E-state index in [0.717, 1.165) is 0 Å². The molecule has 4 N–H and O–H groups in total. The summed E-state index contributed by atoms with van der Waals surface area (Å²) in [7, 11) is 0. The SMILES string of the molecule is CCC(CC)(CNC(=O)C(N)c1ccccc1)C(=O)O. The highest BCUT2D eigenvalue weighted by molar-refractivity contribution is 5.84. The second-order valence-electron chi connectivity index (χ2n) is 4.90. The maximum Gasteiger partial charge on any atom is 0.311 e. The molecule has 0 bridgehead atoms. The lowest BCUT2D eigenvalue weighted by molar-refractivity contribution is -0.149. The average Bonchev–Trinajstić information content (AvgIpc) is 2.48. The summed E-state index contributed by atoms with van der Waals surface area (Å²) in [6, 6.07) is 8.22.